The third-order valence-corrected chi connectivity index (χ3v) is 5.05. The van der Waals surface area contributed by atoms with Crippen LogP contribution in [0.4, 0.5) is 20.6 Å². The predicted octanol–water partition coefficient (Wildman–Crippen LogP) is 4.38. The minimum atomic E-state index is -0.453. The molecule has 156 valence electrons. The van der Waals surface area contributed by atoms with Gasteiger partial charge in [0.1, 0.15) is 0 Å². The van der Waals surface area contributed by atoms with Crippen molar-refractivity contribution < 1.29 is 18.7 Å². The van der Waals surface area contributed by atoms with Gasteiger partial charge in [-0.3, -0.25) is 0 Å². The molecule has 1 N–H and O–H groups in total. The molecule has 1 saturated heterocycles. The van der Waals surface area contributed by atoms with Crippen molar-refractivity contribution in [2.24, 2.45) is 0 Å². The Balaban J connectivity index is 1.75. The number of halogens is 2. The third-order valence-electron chi connectivity index (χ3n) is 4.81. The summed E-state index contributed by atoms with van der Waals surface area (Å²) in [5.74, 6) is -0.277. The number of urea groups is 1. The van der Waals surface area contributed by atoms with Gasteiger partial charge in [0.25, 0.3) is 0 Å². The van der Waals surface area contributed by atoms with Gasteiger partial charge < -0.3 is 24.6 Å². The Hall–Kier alpha value is -2.51. The number of carbonyl (C=O) groups is 1. The van der Waals surface area contributed by atoms with Crippen LogP contribution < -0.4 is 15.0 Å². The molecule has 0 spiro atoms. The Morgan fingerprint density at radius 2 is 2.03 bits per heavy atom. The molecule has 0 aromatic heterocycles. The fourth-order valence-corrected chi connectivity index (χ4v) is 3.41. The van der Waals surface area contributed by atoms with Gasteiger partial charge in [-0.05, 0) is 42.8 Å². The van der Waals surface area contributed by atoms with Crippen molar-refractivity contribution in [2.45, 2.75) is 13.5 Å². The zero-order valence-corrected chi connectivity index (χ0v) is 17.3. The second kappa shape index (κ2) is 9.80. The van der Waals surface area contributed by atoms with Crippen molar-refractivity contribution in [1.82, 2.24) is 4.90 Å². The van der Waals surface area contributed by atoms with Crippen LogP contribution in [0.15, 0.2) is 36.4 Å². The van der Waals surface area contributed by atoms with Gasteiger partial charge >= 0.3 is 6.03 Å². The van der Waals surface area contributed by atoms with Gasteiger partial charge in [0, 0.05) is 31.2 Å². The minimum absolute atomic E-state index is 0.176. The maximum absolute atomic E-state index is 14.0. The fraction of sp³-hybridized carbons (Fsp3) is 0.381. The number of hydrogen-bond donors (Lipinski definition) is 1. The second-order valence-electron chi connectivity index (χ2n) is 6.67. The molecule has 2 amide bonds. The van der Waals surface area contributed by atoms with Gasteiger partial charge in [0.05, 0.1) is 31.7 Å². The van der Waals surface area contributed by atoms with E-state index in [1.807, 2.05) is 13.0 Å². The van der Waals surface area contributed by atoms with Crippen molar-refractivity contribution in [3.63, 3.8) is 0 Å². The monoisotopic (exact) mass is 421 g/mol. The standard InChI is InChI=1S/C21H25ClFN3O3/c1-3-25(14-15-4-7-20(28-2)17(23)12-15)21(27)24-18-13-16(22)5-6-19(18)26-8-10-29-11-9-26/h4-7,12-13H,3,8-11,14H2,1-2H3,(H,24,27). The van der Waals surface area contributed by atoms with Crippen LogP contribution in [0.1, 0.15) is 12.5 Å². The number of nitrogens with zero attached hydrogens (tertiary/aromatic N) is 2. The Morgan fingerprint density at radius 1 is 1.28 bits per heavy atom. The molecule has 3 rings (SSSR count). The van der Waals surface area contributed by atoms with Crippen LogP contribution in [0.5, 0.6) is 5.75 Å². The van der Waals surface area contributed by atoms with E-state index >= 15 is 0 Å². The van der Waals surface area contributed by atoms with Gasteiger partial charge in [-0.15, -0.1) is 0 Å². The molecule has 0 saturated carbocycles. The SMILES string of the molecule is CCN(Cc1ccc(OC)c(F)c1)C(=O)Nc1cc(Cl)ccc1N1CCOCC1. The first-order chi connectivity index (χ1) is 14.0. The van der Waals surface area contributed by atoms with E-state index in [0.29, 0.717) is 36.0 Å². The van der Waals surface area contributed by atoms with Crippen LogP contribution in [-0.2, 0) is 11.3 Å². The fourth-order valence-electron chi connectivity index (χ4n) is 3.24. The molecule has 1 heterocycles. The van der Waals surface area contributed by atoms with E-state index in [1.165, 1.54) is 13.2 Å². The first-order valence-electron chi connectivity index (χ1n) is 9.52. The third kappa shape index (κ3) is 5.31. The largest absolute Gasteiger partial charge is 0.494 e. The van der Waals surface area contributed by atoms with Crippen LogP contribution in [0.2, 0.25) is 5.02 Å². The highest BCUT2D eigenvalue weighted by Crippen LogP contribution is 2.30. The predicted molar refractivity (Wildman–Crippen MR) is 113 cm³/mol. The number of hydrogen-bond acceptors (Lipinski definition) is 4. The maximum Gasteiger partial charge on any atom is 0.322 e. The highest BCUT2D eigenvalue weighted by atomic mass is 35.5. The van der Waals surface area contributed by atoms with Gasteiger partial charge in [0.2, 0.25) is 0 Å². The summed E-state index contributed by atoms with van der Waals surface area (Å²) in [4.78, 5) is 16.7. The number of benzene rings is 2. The van der Waals surface area contributed by atoms with E-state index in [-0.39, 0.29) is 18.3 Å². The van der Waals surface area contributed by atoms with Gasteiger partial charge in [-0.2, -0.15) is 0 Å². The zero-order valence-electron chi connectivity index (χ0n) is 16.6. The normalized spacial score (nSPS) is 13.9. The molecule has 0 unspecified atom stereocenters. The van der Waals surface area contributed by atoms with Crippen molar-refractivity contribution in [1.29, 1.82) is 0 Å². The molecule has 0 radical (unpaired) electrons. The highest BCUT2D eigenvalue weighted by Gasteiger charge is 2.19. The average molecular weight is 422 g/mol. The molecule has 29 heavy (non-hydrogen) atoms. The number of rotatable bonds is 6. The topological polar surface area (TPSA) is 54.0 Å². The van der Waals surface area contributed by atoms with Crippen molar-refractivity contribution in [2.75, 3.05) is 50.2 Å². The number of amides is 2. The summed E-state index contributed by atoms with van der Waals surface area (Å²) in [6, 6.07) is 9.86. The number of carbonyl (C=O) groups excluding carboxylic acids is 1. The minimum Gasteiger partial charge on any atom is -0.494 e. The van der Waals surface area contributed by atoms with E-state index in [2.05, 4.69) is 10.2 Å². The summed E-state index contributed by atoms with van der Waals surface area (Å²) in [5, 5.41) is 3.50. The first-order valence-corrected chi connectivity index (χ1v) is 9.90. The summed E-state index contributed by atoms with van der Waals surface area (Å²) in [7, 11) is 1.42. The summed E-state index contributed by atoms with van der Waals surface area (Å²) in [6.45, 7) is 5.38. The van der Waals surface area contributed by atoms with Gasteiger partial charge in [-0.1, -0.05) is 17.7 Å². The highest BCUT2D eigenvalue weighted by molar-refractivity contribution is 6.31. The van der Waals surface area contributed by atoms with E-state index in [1.54, 1.807) is 29.2 Å². The maximum atomic E-state index is 14.0. The van der Waals surface area contributed by atoms with Crippen LogP contribution in [0, 0.1) is 5.82 Å². The molecular formula is C21H25ClFN3O3. The number of nitrogens with one attached hydrogen (secondary N) is 1. The number of anilines is 2. The van der Waals surface area contributed by atoms with Crippen molar-refractivity contribution in [3.05, 3.63) is 52.8 Å². The van der Waals surface area contributed by atoms with Crippen LogP contribution in [-0.4, -0.2) is 50.9 Å². The van der Waals surface area contributed by atoms with Crippen LogP contribution in [0.25, 0.3) is 0 Å². The lowest BCUT2D eigenvalue weighted by Gasteiger charge is -2.31. The van der Waals surface area contributed by atoms with E-state index in [0.717, 1.165) is 18.8 Å². The number of morpholine rings is 1. The molecule has 1 aliphatic heterocycles. The quantitative estimate of drug-likeness (QED) is 0.752. The molecule has 1 fully saturated rings. The Morgan fingerprint density at radius 3 is 2.69 bits per heavy atom. The van der Waals surface area contributed by atoms with E-state index in [9.17, 15) is 9.18 Å². The van der Waals surface area contributed by atoms with E-state index < -0.39 is 5.82 Å². The van der Waals surface area contributed by atoms with Crippen molar-refractivity contribution in [3.8, 4) is 5.75 Å². The molecule has 0 aliphatic carbocycles. The average Bonchev–Trinajstić information content (AvgIpc) is 2.73. The summed E-state index contributed by atoms with van der Waals surface area (Å²) >= 11 is 6.17. The molecule has 0 bridgehead atoms. The van der Waals surface area contributed by atoms with Crippen molar-refractivity contribution >= 4 is 29.0 Å². The lowest BCUT2D eigenvalue weighted by molar-refractivity contribution is 0.123. The summed E-state index contributed by atoms with van der Waals surface area (Å²) in [6.07, 6.45) is 0. The summed E-state index contributed by atoms with van der Waals surface area (Å²) in [5.41, 5.74) is 2.22. The molecule has 2 aromatic carbocycles. The van der Waals surface area contributed by atoms with Gasteiger partial charge in [0.15, 0.2) is 11.6 Å². The Bertz CT molecular complexity index is 859. The van der Waals surface area contributed by atoms with E-state index in [4.69, 9.17) is 21.1 Å². The molecule has 0 atom stereocenters. The molecular weight excluding hydrogens is 397 g/mol. The first kappa shape index (κ1) is 21.2. The van der Waals surface area contributed by atoms with Crippen LogP contribution >= 0.6 is 11.6 Å². The Labute approximate surface area is 175 Å². The summed E-state index contributed by atoms with van der Waals surface area (Å²) < 4.78 is 24.3. The smallest absolute Gasteiger partial charge is 0.322 e. The number of ether oxygens (including phenoxy) is 2. The second-order valence-corrected chi connectivity index (χ2v) is 7.11. The molecule has 6 nitrogen and oxygen atoms in total. The zero-order chi connectivity index (χ0) is 20.8. The lowest BCUT2D eigenvalue weighted by atomic mass is 10.2. The number of methoxy groups -OCH3 is 1. The van der Waals surface area contributed by atoms with Crippen LogP contribution in [0.3, 0.4) is 0 Å². The Kier molecular flexibility index (Phi) is 7.17. The molecule has 8 heteroatoms. The van der Waals surface area contributed by atoms with Gasteiger partial charge in [-0.25, -0.2) is 9.18 Å². The lowest BCUT2D eigenvalue weighted by Crippen LogP contribution is -2.38. The molecule has 1 aliphatic rings. The molecule has 2 aromatic rings.